The molecular formula is C24H22O7. The Morgan fingerprint density at radius 1 is 0.806 bits per heavy atom. The van der Waals surface area contributed by atoms with Crippen LogP contribution in [-0.2, 0) is 14.3 Å². The summed E-state index contributed by atoms with van der Waals surface area (Å²) in [6.45, 7) is 10.2. The van der Waals surface area contributed by atoms with Gasteiger partial charge in [-0.2, -0.15) is 0 Å². The molecule has 2 aromatic rings. The van der Waals surface area contributed by atoms with Crippen molar-refractivity contribution in [2.75, 3.05) is 6.79 Å². The van der Waals surface area contributed by atoms with Crippen molar-refractivity contribution in [2.24, 2.45) is 0 Å². The maximum atomic E-state index is 12.3. The third-order valence-electron chi connectivity index (χ3n) is 3.66. The van der Waals surface area contributed by atoms with Gasteiger partial charge in [0, 0.05) is 6.92 Å². The van der Waals surface area contributed by atoms with Crippen LogP contribution in [0.2, 0.25) is 0 Å². The monoisotopic (exact) mass is 422 g/mol. The number of allylic oxidation sites excluding steroid dienone is 3. The molecule has 0 N–H and O–H groups in total. The lowest BCUT2D eigenvalue weighted by molar-refractivity contribution is -0.147. The zero-order valence-corrected chi connectivity index (χ0v) is 17.3. The second-order valence-electron chi connectivity index (χ2n) is 6.37. The second kappa shape index (κ2) is 11.2. The zero-order valence-electron chi connectivity index (χ0n) is 17.3. The quantitative estimate of drug-likeness (QED) is 0.192. The fourth-order valence-electron chi connectivity index (χ4n) is 2.14. The van der Waals surface area contributed by atoms with E-state index in [2.05, 4.69) is 17.9 Å². The first-order chi connectivity index (χ1) is 14.7. The van der Waals surface area contributed by atoms with E-state index in [0.29, 0.717) is 11.3 Å². The molecule has 0 aromatic heterocycles. The van der Waals surface area contributed by atoms with Gasteiger partial charge in [0.05, 0.1) is 11.1 Å². The molecule has 2 aromatic carbocycles. The molecule has 7 heteroatoms. The van der Waals surface area contributed by atoms with E-state index in [1.807, 2.05) is 0 Å². The third kappa shape index (κ3) is 8.02. The molecule has 0 heterocycles. The molecule has 0 fully saturated rings. The van der Waals surface area contributed by atoms with E-state index in [1.165, 1.54) is 43.3 Å². The summed E-state index contributed by atoms with van der Waals surface area (Å²) in [5.74, 6) is -0.746. The molecule has 2 rings (SSSR count). The topological polar surface area (TPSA) is 88.1 Å². The van der Waals surface area contributed by atoms with Gasteiger partial charge in [0.25, 0.3) is 0 Å². The summed E-state index contributed by atoms with van der Waals surface area (Å²) in [5, 5.41) is 0. The fourth-order valence-corrected chi connectivity index (χ4v) is 2.14. The van der Waals surface area contributed by atoms with Crippen LogP contribution in [0.15, 0.2) is 85.2 Å². The van der Waals surface area contributed by atoms with Gasteiger partial charge in [-0.3, -0.25) is 4.79 Å². The van der Waals surface area contributed by atoms with Gasteiger partial charge in [0.15, 0.2) is 0 Å². The molecule has 0 aliphatic carbocycles. The van der Waals surface area contributed by atoms with Crippen molar-refractivity contribution in [1.82, 2.24) is 0 Å². The molecule has 0 saturated heterocycles. The molecule has 0 spiro atoms. The van der Waals surface area contributed by atoms with Crippen molar-refractivity contribution in [2.45, 2.75) is 13.8 Å². The average Bonchev–Trinajstić information content (AvgIpc) is 2.73. The van der Waals surface area contributed by atoms with Crippen molar-refractivity contribution in [3.8, 4) is 11.5 Å². The Balaban J connectivity index is 1.91. The highest BCUT2D eigenvalue weighted by Crippen LogP contribution is 2.18. The van der Waals surface area contributed by atoms with Crippen molar-refractivity contribution >= 4 is 17.9 Å². The van der Waals surface area contributed by atoms with Crippen LogP contribution in [0.1, 0.15) is 34.6 Å². The largest absolute Gasteiger partial charge is 0.457 e. The van der Waals surface area contributed by atoms with Crippen LogP contribution in [0, 0.1) is 0 Å². The molecule has 160 valence electrons. The molecule has 0 radical (unpaired) electrons. The molecule has 31 heavy (non-hydrogen) atoms. The molecule has 0 unspecified atom stereocenters. The summed E-state index contributed by atoms with van der Waals surface area (Å²) in [4.78, 5) is 35.1. The number of benzene rings is 2. The molecule has 0 amide bonds. The number of hydrogen-bond acceptors (Lipinski definition) is 7. The van der Waals surface area contributed by atoms with Crippen LogP contribution in [0.4, 0.5) is 0 Å². The SMILES string of the molecule is C=C(C)/C=C\C(=C)OC(=O)c1ccc(OC(=O)c2ccc(OCOC(C)=O)cc2)cc1. The van der Waals surface area contributed by atoms with E-state index >= 15 is 0 Å². The van der Waals surface area contributed by atoms with E-state index in [-0.39, 0.29) is 23.9 Å². The maximum Gasteiger partial charge on any atom is 0.343 e. The van der Waals surface area contributed by atoms with Crippen molar-refractivity contribution in [3.63, 3.8) is 0 Å². The van der Waals surface area contributed by atoms with Crippen LogP contribution in [0.25, 0.3) is 0 Å². The molecular weight excluding hydrogens is 400 g/mol. The van der Waals surface area contributed by atoms with Crippen LogP contribution >= 0.6 is 0 Å². The van der Waals surface area contributed by atoms with Gasteiger partial charge in [-0.05, 0) is 61.5 Å². The van der Waals surface area contributed by atoms with E-state index in [0.717, 1.165) is 5.57 Å². The lowest BCUT2D eigenvalue weighted by Gasteiger charge is -2.08. The van der Waals surface area contributed by atoms with Gasteiger partial charge in [-0.1, -0.05) is 24.8 Å². The zero-order chi connectivity index (χ0) is 22.8. The molecule has 0 aliphatic rings. The minimum atomic E-state index is -0.585. The standard InChI is InChI=1S/C24H22O7/c1-16(2)5-6-17(3)30-23(26)19-9-13-22(14-10-19)31-24(27)20-7-11-21(12-8-20)29-15-28-18(4)25/h5-14H,1,3,15H2,2,4H3/b6-5-. The highest BCUT2D eigenvalue weighted by molar-refractivity contribution is 5.92. The number of hydrogen-bond donors (Lipinski definition) is 0. The van der Waals surface area contributed by atoms with E-state index in [1.54, 1.807) is 31.2 Å². The Morgan fingerprint density at radius 2 is 1.35 bits per heavy atom. The van der Waals surface area contributed by atoms with Crippen LogP contribution in [0.5, 0.6) is 11.5 Å². The van der Waals surface area contributed by atoms with E-state index < -0.39 is 17.9 Å². The Hall–Kier alpha value is -4.13. The lowest BCUT2D eigenvalue weighted by atomic mass is 10.2. The van der Waals surface area contributed by atoms with Gasteiger partial charge < -0.3 is 18.9 Å². The van der Waals surface area contributed by atoms with Crippen LogP contribution in [0.3, 0.4) is 0 Å². The molecule has 0 atom stereocenters. The van der Waals surface area contributed by atoms with Crippen LogP contribution in [-0.4, -0.2) is 24.7 Å². The Bertz CT molecular complexity index is 999. The fraction of sp³-hybridized carbons (Fsp3) is 0.125. The minimum Gasteiger partial charge on any atom is -0.457 e. The van der Waals surface area contributed by atoms with Gasteiger partial charge >= 0.3 is 17.9 Å². The number of ether oxygens (including phenoxy) is 4. The number of rotatable bonds is 9. The molecule has 0 saturated carbocycles. The summed E-state index contributed by atoms with van der Waals surface area (Å²) in [6, 6.07) is 12.1. The van der Waals surface area contributed by atoms with Gasteiger partial charge in [-0.25, -0.2) is 9.59 Å². The summed E-state index contributed by atoms with van der Waals surface area (Å²) in [7, 11) is 0. The predicted octanol–water partition coefficient (Wildman–Crippen LogP) is 4.61. The molecule has 0 aliphatic heterocycles. The predicted molar refractivity (Wildman–Crippen MR) is 114 cm³/mol. The number of carbonyl (C=O) groups is 3. The number of esters is 3. The smallest absolute Gasteiger partial charge is 0.343 e. The lowest BCUT2D eigenvalue weighted by Crippen LogP contribution is -2.09. The summed E-state index contributed by atoms with van der Waals surface area (Å²) in [6.07, 6.45) is 3.22. The average molecular weight is 422 g/mol. The van der Waals surface area contributed by atoms with Gasteiger partial charge in [0.1, 0.15) is 17.3 Å². The van der Waals surface area contributed by atoms with E-state index in [9.17, 15) is 14.4 Å². The molecule has 7 nitrogen and oxygen atoms in total. The minimum absolute atomic E-state index is 0.184. The first-order valence-corrected chi connectivity index (χ1v) is 9.17. The van der Waals surface area contributed by atoms with Crippen molar-refractivity contribution in [3.05, 3.63) is 96.3 Å². The summed E-state index contributed by atoms with van der Waals surface area (Å²) >= 11 is 0. The van der Waals surface area contributed by atoms with Crippen molar-refractivity contribution in [1.29, 1.82) is 0 Å². The van der Waals surface area contributed by atoms with Gasteiger partial charge in [-0.15, -0.1) is 0 Å². The Morgan fingerprint density at radius 3 is 1.90 bits per heavy atom. The highest BCUT2D eigenvalue weighted by Gasteiger charge is 2.12. The second-order valence-corrected chi connectivity index (χ2v) is 6.37. The molecule has 0 bridgehead atoms. The highest BCUT2D eigenvalue weighted by atomic mass is 16.7. The normalized spacial score (nSPS) is 10.3. The van der Waals surface area contributed by atoms with E-state index in [4.69, 9.17) is 14.2 Å². The third-order valence-corrected chi connectivity index (χ3v) is 3.66. The van der Waals surface area contributed by atoms with Crippen molar-refractivity contribution < 1.29 is 33.3 Å². The summed E-state index contributed by atoms with van der Waals surface area (Å²) < 4.78 is 20.3. The van der Waals surface area contributed by atoms with Gasteiger partial charge in [0.2, 0.25) is 6.79 Å². The Labute approximate surface area is 180 Å². The summed E-state index contributed by atoms with van der Waals surface area (Å²) in [5.41, 5.74) is 1.37. The van der Waals surface area contributed by atoms with Crippen LogP contribution < -0.4 is 9.47 Å². The Kier molecular flexibility index (Phi) is 8.33. The first kappa shape index (κ1) is 23.2. The first-order valence-electron chi connectivity index (χ1n) is 9.17. The number of carbonyl (C=O) groups excluding carboxylic acids is 3. The maximum absolute atomic E-state index is 12.3.